The molecule has 3 aromatic rings. The number of aromatic amines is 1. The molecule has 148 valence electrons. The molecule has 0 aliphatic heterocycles. The minimum absolute atomic E-state index is 0.0208. The van der Waals surface area contributed by atoms with Crippen LogP contribution in [0.1, 0.15) is 57.7 Å². The first kappa shape index (κ1) is 17.9. The Morgan fingerprint density at radius 1 is 1.10 bits per heavy atom. The van der Waals surface area contributed by atoms with Crippen molar-refractivity contribution in [3.8, 4) is 0 Å². The summed E-state index contributed by atoms with van der Waals surface area (Å²) in [6.45, 7) is 2.54. The zero-order valence-corrected chi connectivity index (χ0v) is 16.4. The fraction of sp³-hybridized carbons (Fsp3) is 0.348. The van der Waals surface area contributed by atoms with E-state index in [9.17, 15) is 9.59 Å². The van der Waals surface area contributed by atoms with Gasteiger partial charge in [-0.2, -0.15) is 5.10 Å². The van der Waals surface area contributed by atoms with Crippen molar-refractivity contribution in [1.29, 1.82) is 0 Å². The topological polar surface area (TPSA) is 78.1 Å². The third-order valence-electron chi connectivity index (χ3n) is 5.65. The van der Waals surface area contributed by atoms with E-state index in [1.54, 1.807) is 0 Å². The fourth-order valence-corrected chi connectivity index (χ4v) is 3.63. The van der Waals surface area contributed by atoms with Gasteiger partial charge in [-0.25, -0.2) is 0 Å². The lowest BCUT2D eigenvalue weighted by molar-refractivity contribution is 0.0725. The Morgan fingerprint density at radius 3 is 2.55 bits per heavy atom. The highest BCUT2D eigenvalue weighted by Crippen LogP contribution is 2.31. The van der Waals surface area contributed by atoms with Crippen LogP contribution in [0.3, 0.4) is 0 Å². The Morgan fingerprint density at radius 2 is 1.86 bits per heavy atom. The van der Waals surface area contributed by atoms with Crippen molar-refractivity contribution >= 4 is 22.7 Å². The van der Waals surface area contributed by atoms with Crippen LogP contribution in [0.25, 0.3) is 10.9 Å². The number of nitrogens with zero attached hydrogens (tertiary/aromatic N) is 2. The maximum atomic E-state index is 13.3. The standard InChI is InChI=1S/C23H24N4O2/c1-14-2-11-20-19(12-14)21(26-25-20)23(29)27(18-9-10-18)13-15-3-5-16(6-4-15)22(28)24-17-7-8-17/h2-6,11-12,17-18H,7-10,13H2,1H3,(H,24,28)(H,25,26). The molecule has 6 nitrogen and oxygen atoms in total. The maximum absolute atomic E-state index is 13.3. The third-order valence-corrected chi connectivity index (χ3v) is 5.65. The van der Waals surface area contributed by atoms with E-state index < -0.39 is 0 Å². The summed E-state index contributed by atoms with van der Waals surface area (Å²) in [4.78, 5) is 27.4. The van der Waals surface area contributed by atoms with Gasteiger partial charge in [0.05, 0.1) is 5.52 Å². The SMILES string of the molecule is Cc1ccc2[nH]nc(C(=O)N(Cc3ccc(C(=O)NC4CC4)cc3)C3CC3)c2c1. The number of hydrogen-bond donors (Lipinski definition) is 2. The number of aromatic nitrogens is 2. The first-order valence-electron chi connectivity index (χ1n) is 10.2. The number of hydrogen-bond acceptors (Lipinski definition) is 3. The summed E-state index contributed by atoms with van der Waals surface area (Å²) >= 11 is 0. The van der Waals surface area contributed by atoms with Gasteiger partial charge in [0, 0.05) is 29.6 Å². The van der Waals surface area contributed by atoms with Crippen LogP contribution in [0.2, 0.25) is 0 Å². The summed E-state index contributed by atoms with van der Waals surface area (Å²) in [6.07, 6.45) is 4.19. The number of benzene rings is 2. The summed E-state index contributed by atoms with van der Waals surface area (Å²) < 4.78 is 0. The normalized spacial score (nSPS) is 16.0. The van der Waals surface area contributed by atoms with E-state index in [-0.39, 0.29) is 17.9 Å². The average molecular weight is 388 g/mol. The smallest absolute Gasteiger partial charge is 0.275 e. The van der Waals surface area contributed by atoms with Crippen LogP contribution in [0, 0.1) is 6.92 Å². The maximum Gasteiger partial charge on any atom is 0.275 e. The van der Waals surface area contributed by atoms with Gasteiger partial charge in [0.25, 0.3) is 11.8 Å². The quantitative estimate of drug-likeness (QED) is 0.678. The second-order valence-corrected chi connectivity index (χ2v) is 8.23. The molecular weight excluding hydrogens is 364 g/mol. The van der Waals surface area contributed by atoms with Crippen molar-refractivity contribution in [2.45, 2.75) is 51.2 Å². The zero-order chi connectivity index (χ0) is 20.0. The van der Waals surface area contributed by atoms with Crippen LogP contribution in [0.4, 0.5) is 0 Å². The first-order valence-corrected chi connectivity index (χ1v) is 10.2. The second-order valence-electron chi connectivity index (χ2n) is 8.23. The van der Waals surface area contributed by atoms with Gasteiger partial charge in [0.2, 0.25) is 0 Å². The molecule has 0 radical (unpaired) electrons. The van der Waals surface area contributed by atoms with Crippen molar-refractivity contribution in [2.75, 3.05) is 0 Å². The Hall–Kier alpha value is -3.15. The number of fused-ring (bicyclic) bond motifs is 1. The summed E-state index contributed by atoms with van der Waals surface area (Å²) in [5.74, 6) is -0.0626. The third kappa shape index (κ3) is 3.75. The van der Waals surface area contributed by atoms with Crippen molar-refractivity contribution in [2.24, 2.45) is 0 Å². The zero-order valence-electron chi connectivity index (χ0n) is 16.4. The van der Waals surface area contributed by atoms with Crippen molar-refractivity contribution < 1.29 is 9.59 Å². The van der Waals surface area contributed by atoms with E-state index in [0.717, 1.165) is 47.7 Å². The van der Waals surface area contributed by atoms with Gasteiger partial charge in [-0.1, -0.05) is 23.8 Å². The van der Waals surface area contributed by atoms with Crippen LogP contribution in [0.5, 0.6) is 0 Å². The molecule has 1 aromatic heterocycles. The number of carbonyl (C=O) groups is 2. The lowest BCUT2D eigenvalue weighted by Gasteiger charge is -2.22. The number of H-pyrrole nitrogens is 1. The Labute approximate surface area is 169 Å². The minimum Gasteiger partial charge on any atom is -0.349 e. The van der Waals surface area contributed by atoms with Gasteiger partial charge in [0.1, 0.15) is 0 Å². The number of carbonyl (C=O) groups excluding carboxylic acids is 2. The molecule has 0 spiro atoms. The van der Waals surface area contributed by atoms with Gasteiger partial charge >= 0.3 is 0 Å². The van der Waals surface area contributed by atoms with Crippen molar-refractivity contribution in [3.05, 3.63) is 64.8 Å². The van der Waals surface area contributed by atoms with Gasteiger partial charge in [-0.05, 0) is 62.4 Å². The summed E-state index contributed by atoms with van der Waals surface area (Å²) in [6, 6.07) is 14.1. The number of amides is 2. The van der Waals surface area contributed by atoms with Gasteiger partial charge in [0.15, 0.2) is 5.69 Å². The lowest BCUT2D eigenvalue weighted by atomic mass is 10.1. The largest absolute Gasteiger partial charge is 0.349 e. The highest BCUT2D eigenvalue weighted by Gasteiger charge is 2.34. The predicted molar refractivity (Wildman–Crippen MR) is 111 cm³/mol. The van der Waals surface area contributed by atoms with Gasteiger partial charge in [-0.15, -0.1) is 0 Å². The highest BCUT2D eigenvalue weighted by atomic mass is 16.2. The number of rotatable bonds is 6. The molecule has 2 aliphatic carbocycles. The minimum atomic E-state index is -0.0418. The molecule has 0 atom stereocenters. The number of nitrogens with one attached hydrogen (secondary N) is 2. The highest BCUT2D eigenvalue weighted by molar-refractivity contribution is 6.05. The fourth-order valence-electron chi connectivity index (χ4n) is 3.63. The number of aryl methyl sites for hydroxylation is 1. The Balaban J connectivity index is 1.35. The van der Waals surface area contributed by atoms with Crippen LogP contribution in [-0.2, 0) is 6.54 Å². The van der Waals surface area contributed by atoms with Gasteiger partial charge < -0.3 is 10.2 Å². The van der Waals surface area contributed by atoms with Crippen LogP contribution < -0.4 is 5.32 Å². The molecule has 2 aromatic carbocycles. The summed E-state index contributed by atoms with van der Waals surface area (Å²) in [5.41, 5.74) is 4.14. The van der Waals surface area contributed by atoms with E-state index in [1.165, 1.54) is 0 Å². The molecule has 0 bridgehead atoms. The summed E-state index contributed by atoms with van der Waals surface area (Å²) in [7, 11) is 0. The van der Waals surface area contributed by atoms with Crippen LogP contribution >= 0.6 is 0 Å². The molecule has 2 aliphatic rings. The van der Waals surface area contributed by atoms with Crippen molar-refractivity contribution in [1.82, 2.24) is 20.4 Å². The monoisotopic (exact) mass is 388 g/mol. The predicted octanol–water partition coefficient (Wildman–Crippen LogP) is 3.57. The molecule has 2 amide bonds. The molecular formula is C23H24N4O2. The van der Waals surface area contributed by atoms with Crippen molar-refractivity contribution in [3.63, 3.8) is 0 Å². The second kappa shape index (κ2) is 7.03. The molecule has 0 saturated heterocycles. The average Bonchev–Trinajstić information content (AvgIpc) is 3.65. The molecule has 2 N–H and O–H groups in total. The molecule has 29 heavy (non-hydrogen) atoms. The van der Waals surface area contributed by atoms with Crippen LogP contribution in [0.15, 0.2) is 42.5 Å². The first-order chi connectivity index (χ1) is 14.1. The molecule has 1 heterocycles. The molecule has 6 heteroatoms. The lowest BCUT2D eigenvalue weighted by Crippen LogP contribution is -2.33. The summed E-state index contributed by atoms with van der Waals surface area (Å²) in [5, 5.41) is 11.2. The van der Waals surface area contributed by atoms with E-state index >= 15 is 0 Å². The van der Waals surface area contributed by atoms with E-state index in [4.69, 9.17) is 0 Å². The molecule has 0 unspecified atom stereocenters. The van der Waals surface area contributed by atoms with E-state index in [2.05, 4.69) is 15.5 Å². The van der Waals surface area contributed by atoms with E-state index in [1.807, 2.05) is 54.3 Å². The Kier molecular flexibility index (Phi) is 4.34. The molecule has 2 fully saturated rings. The van der Waals surface area contributed by atoms with E-state index in [0.29, 0.717) is 23.8 Å². The van der Waals surface area contributed by atoms with Crippen LogP contribution in [-0.4, -0.2) is 39.0 Å². The van der Waals surface area contributed by atoms with Gasteiger partial charge in [-0.3, -0.25) is 14.7 Å². The molecule has 5 rings (SSSR count). The molecule has 2 saturated carbocycles. The Bertz CT molecular complexity index is 1080.